The number of carbonyl (C=O) groups is 1. The third-order valence-corrected chi connectivity index (χ3v) is 3.56. The summed E-state index contributed by atoms with van der Waals surface area (Å²) < 4.78 is 11.1. The first-order valence-electron chi connectivity index (χ1n) is 7.87. The van der Waals surface area contributed by atoms with Crippen molar-refractivity contribution in [2.75, 3.05) is 6.61 Å². The molecule has 3 aromatic carbocycles. The van der Waals surface area contributed by atoms with Crippen LogP contribution in [-0.4, -0.2) is 12.6 Å². The van der Waals surface area contributed by atoms with E-state index < -0.39 is 5.97 Å². The number of rotatable bonds is 5. The minimum Gasteiger partial charge on any atom is -0.494 e. The zero-order chi connectivity index (χ0) is 16.8. The van der Waals surface area contributed by atoms with Gasteiger partial charge in [-0.3, -0.25) is 0 Å². The third kappa shape index (κ3) is 3.63. The highest BCUT2D eigenvalue weighted by molar-refractivity contribution is 5.92. The van der Waals surface area contributed by atoms with Crippen LogP contribution >= 0.6 is 0 Å². The summed E-state index contributed by atoms with van der Waals surface area (Å²) in [6.07, 6.45) is 0. The van der Waals surface area contributed by atoms with E-state index in [2.05, 4.69) is 0 Å². The van der Waals surface area contributed by atoms with E-state index in [1.54, 1.807) is 24.3 Å². The topological polar surface area (TPSA) is 35.5 Å². The molecule has 0 saturated heterocycles. The lowest BCUT2D eigenvalue weighted by Crippen LogP contribution is -2.09. The van der Waals surface area contributed by atoms with Gasteiger partial charge in [0.05, 0.1) is 12.2 Å². The maximum Gasteiger partial charge on any atom is 0.343 e. The van der Waals surface area contributed by atoms with Gasteiger partial charge in [-0.2, -0.15) is 0 Å². The van der Waals surface area contributed by atoms with E-state index in [0.717, 1.165) is 11.1 Å². The maximum atomic E-state index is 12.5. The molecule has 0 bridgehead atoms. The average Bonchev–Trinajstić information content (AvgIpc) is 2.63. The fraction of sp³-hybridized carbons (Fsp3) is 0.0952. The Labute approximate surface area is 141 Å². The van der Waals surface area contributed by atoms with Crippen molar-refractivity contribution in [2.24, 2.45) is 0 Å². The molecule has 0 aliphatic carbocycles. The molecule has 0 saturated carbocycles. The molecule has 3 aromatic rings. The molecule has 0 unspecified atom stereocenters. The van der Waals surface area contributed by atoms with E-state index in [-0.39, 0.29) is 0 Å². The molecule has 3 rings (SSSR count). The second-order valence-electron chi connectivity index (χ2n) is 5.21. The lowest BCUT2D eigenvalue weighted by atomic mass is 10.0. The van der Waals surface area contributed by atoms with Crippen LogP contribution in [0, 0.1) is 0 Å². The summed E-state index contributed by atoms with van der Waals surface area (Å²) >= 11 is 0. The predicted molar refractivity (Wildman–Crippen MR) is 94.4 cm³/mol. The second-order valence-corrected chi connectivity index (χ2v) is 5.21. The van der Waals surface area contributed by atoms with Gasteiger partial charge in [-0.1, -0.05) is 54.6 Å². The predicted octanol–water partition coefficient (Wildman–Crippen LogP) is 4.97. The number of hydrogen-bond donors (Lipinski definition) is 0. The Bertz CT molecular complexity index is 825. The fourth-order valence-corrected chi connectivity index (χ4v) is 2.45. The van der Waals surface area contributed by atoms with Gasteiger partial charge >= 0.3 is 5.97 Å². The zero-order valence-corrected chi connectivity index (χ0v) is 13.4. The van der Waals surface area contributed by atoms with Crippen LogP contribution in [0.2, 0.25) is 0 Å². The molecule has 3 nitrogen and oxygen atoms in total. The van der Waals surface area contributed by atoms with Crippen LogP contribution < -0.4 is 9.47 Å². The van der Waals surface area contributed by atoms with E-state index in [0.29, 0.717) is 23.7 Å². The molecule has 0 fully saturated rings. The van der Waals surface area contributed by atoms with Crippen LogP contribution in [0.5, 0.6) is 11.5 Å². The Morgan fingerprint density at radius 3 is 2.42 bits per heavy atom. The summed E-state index contributed by atoms with van der Waals surface area (Å²) in [5, 5.41) is 0. The van der Waals surface area contributed by atoms with Gasteiger partial charge in [0.15, 0.2) is 0 Å². The number of benzene rings is 3. The second kappa shape index (κ2) is 7.47. The van der Waals surface area contributed by atoms with Crippen molar-refractivity contribution in [1.29, 1.82) is 0 Å². The molecule has 0 atom stereocenters. The summed E-state index contributed by atoms with van der Waals surface area (Å²) in [5.74, 6) is 0.791. The lowest BCUT2D eigenvalue weighted by Gasteiger charge is -2.11. The van der Waals surface area contributed by atoms with E-state index in [1.807, 2.05) is 61.5 Å². The van der Waals surface area contributed by atoms with Gasteiger partial charge < -0.3 is 9.47 Å². The molecule has 120 valence electrons. The highest BCUT2D eigenvalue weighted by Crippen LogP contribution is 2.30. The van der Waals surface area contributed by atoms with E-state index in [1.165, 1.54) is 0 Å². The van der Waals surface area contributed by atoms with Gasteiger partial charge in [-0.25, -0.2) is 4.79 Å². The highest BCUT2D eigenvalue weighted by Gasteiger charge is 2.13. The molecular weight excluding hydrogens is 300 g/mol. The summed E-state index contributed by atoms with van der Waals surface area (Å²) in [5.41, 5.74) is 2.35. The summed E-state index contributed by atoms with van der Waals surface area (Å²) in [4.78, 5) is 12.5. The van der Waals surface area contributed by atoms with Crippen molar-refractivity contribution >= 4 is 5.97 Å². The molecule has 0 N–H and O–H groups in total. The Balaban J connectivity index is 1.86. The SMILES string of the molecule is CCOc1cccc(C(=O)Oc2ccccc2-c2ccccc2)c1. The number of carbonyl (C=O) groups excluding carboxylic acids is 1. The first-order valence-corrected chi connectivity index (χ1v) is 7.87. The summed E-state index contributed by atoms with van der Waals surface area (Å²) in [6.45, 7) is 2.45. The third-order valence-electron chi connectivity index (χ3n) is 3.56. The summed E-state index contributed by atoms with van der Waals surface area (Å²) in [6, 6.07) is 24.4. The monoisotopic (exact) mass is 318 g/mol. The van der Waals surface area contributed by atoms with Crippen LogP contribution in [0.25, 0.3) is 11.1 Å². The quantitative estimate of drug-likeness (QED) is 0.492. The minimum absolute atomic E-state index is 0.403. The number of esters is 1. The molecule has 3 heteroatoms. The highest BCUT2D eigenvalue weighted by atomic mass is 16.5. The molecule has 0 radical (unpaired) electrons. The molecule has 0 amide bonds. The van der Waals surface area contributed by atoms with Gasteiger partial charge in [0.25, 0.3) is 0 Å². The van der Waals surface area contributed by atoms with Crippen LogP contribution in [0.3, 0.4) is 0 Å². The molecule has 0 spiro atoms. The van der Waals surface area contributed by atoms with Crippen molar-refractivity contribution in [3.8, 4) is 22.6 Å². The Hall–Kier alpha value is -3.07. The van der Waals surface area contributed by atoms with Crippen molar-refractivity contribution in [3.63, 3.8) is 0 Å². The first-order chi connectivity index (χ1) is 11.8. The van der Waals surface area contributed by atoms with Gasteiger partial charge in [-0.15, -0.1) is 0 Å². The van der Waals surface area contributed by atoms with E-state index >= 15 is 0 Å². The van der Waals surface area contributed by atoms with Gasteiger partial charge in [-0.05, 0) is 36.8 Å². The normalized spacial score (nSPS) is 10.2. The van der Waals surface area contributed by atoms with Crippen LogP contribution in [0.15, 0.2) is 78.9 Å². The average molecular weight is 318 g/mol. The molecule has 0 aliphatic heterocycles. The lowest BCUT2D eigenvalue weighted by molar-refractivity contribution is 0.0735. The Morgan fingerprint density at radius 2 is 1.62 bits per heavy atom. The number of hydrogen-bond acceptors (Lipinski definition) is 3. The van der Waals surface area contributed by atoms with Crippen LogP contribution in [0.1, 0.15) is 17.3 Å². The summed E-state index contributed by atoms with van der Waals surface area (Å²) in [7, 11) is 0. The molecule has 0 aromatic heterocycles. The van der Waals surface area contributed by atoms with Crippen LogP contribution in [-0.2, 0) is 0 Å². The van der Waals surface area contributed by atoms with Gasteiger partial charge in [0.1, 0.15) is 11.5 Å². The number of ether oxygens (including phenoxy) is 2. The van der Waals surface area contributed by atoms with E-state index in [4.69, 9.17) is 9.47 Å². The minimum atomic E-state index is -0.403. The molecule has 0 aliphatic rings. The Kier molecular flexibility index (Phi) is 4.92. The first kappa shape index (κ1) is 15.8. The van der Waals surface area contributed by atoms with Crippen molar-refractivity contribution < 1.29 is 14.3 Å². The van der Waals surface area contributed by atoms with E-state index in [9.17, 15) is 4.79 Å². The molecule has 0 heterocycles. The zero-order valence-electron chi connectivity index (χ0n) is 13.4. The van der Waals surface area contributed by atoms with Crippen molar-refractivity contribution in [1.82, 2.24) is 0 Å². The standard InChI is InChI=1S/C21H18O3/c1-2-23-18-12-8-11-17(15-18)21(22)24-20-14-7-6-13-19(20)16-9-4-3-5-10-16/h3-15H,2H2,1H3. The van der Waals surface area contributed by atoms with Gasteiger partial charge in [0.2, 0.25) is 0 Å². The number of para-hydroxylation sites is 1. The molecular formula is C21H18O3. The largest absolute Gasteiger partial charge is 0.494 e. The van der Waals surface area contributed by atoms with Crippen molar-refractivity contribution in [2.45, 2.75) is 6.92 Å². The van der Waals surface area contributed by atoms with Crippen LogP contribution in [0.4, 0.5) is 0 Å². The van der Waals surface area contributed by atoms with Gasteiger partial charge in [0, 0.05) is 5.56 Å². The smallest absolute Gasteiger partial charge is 0.343 e. The Morgan fingerprint density at radius 1 is 0.875 bits per heavy atom. The maximum absolute atomic E-state index is 12.5. The fourth-order valence-electron chi connectivity index (χ4n) is 2.45. The van der Waals surface area contributed by atoms with Crippen molar-refractivity contribution in [3.05, 3.63) is 84.4 Å². The molecule has 24 heavy (non-hydrogen) atoms.